The van der Waals surface area contributed by atoms with Crippen molar-refractivity contribution in [2.24, 2.45) is 56.7 Å². The van der Waals surface area contributed by atoms with E-state index in [1.807, 2.05) is 4.90 Å². The third kappa shape index (κ3) is 5.11. The minimum absolute atomic E-state index is 0.0303. The molecule has 10 heteroatoms. The summed E-state index contributed by atoms with van der Waals surface area (Å²) in [5, 5.41) is 22.6. The fourth-order valence-electron chi connectivity index (χ4n) is 14.6. The van der Waals surface area contributed by atoms with Crippen molar-refractivity contribution in [2.45, 2.75) is 162 Å². The largest absolute Gasteiger partial charge is 0.480 e. The lowest BCUT2D eigenvalue weighted by atomic mass is 9.41. The maximum Gasteiger partial charge on any atom is 0.329 e. The molecule has 52 heavy (non-hydrogen) atoms. The molecule has 2 N–H and O–H groups in total. The van der Waals surface area contributed by atoms with E-state index in [2.05, 4.69) is 34.6 Å². The molecule has 2 amide bonds. The number of aliphatic hydroxyl groups excluding tert-OH is 1. The van der Waals surface area contributed by atoms with Crippen LogP contribution in [0.4, 0.5) is 0 Å². The Balaban J connectivity index is 0.992. The average Bonchev–Trinajstić information content (AvgIpc) is 4.00. The highest BCUT2D eigenvalue weighted by molar-refractivity contribution is 5.85. The van der Waals surface area contributed by atoms with Crippen LogP contribution < -0.4 is 0 Å². The van der Waals surface area contributed by atoms with Crippen LogP contribution in [0, 0.1) is 56.7 Å². The quantitative estimate of drug-likeness (QED) is 0.318. The van der Waals surface area contributed by atoms with Crippen molar-refractivity contribution in [3.05, 3.63) is 0 Å². The molecule has 8 fully saturated rings. The van der Waals surface area contributed by atoms with E-state index in [1.165, 1.54) is 37.5 Å². The Labute approximate surface area is 311 Å². The molecule has 10 nitrogen and oxygen atoms in total. The van der Waals surface area contributed by atoms with E-state index in [0.717, 1.165) is 38.5 Å². The first-order valence-electron chi connectivity index (χ1n) is 20.7. The summed E-state index contributed by atoms with van der Waals surface area (Å²) in [6.07, 6.45) is 10.1. The van der Waals surface area contributed by atoms with Gasteiger partial charge in [-0.3, -0.25) is 9.59 Å². The third-order valence-electron chi connectivity index (χ3n) is 17.6. The molecular formula is C42H66N2O8. The van der Waals surface area contributed by atoms with Gasteiger partial charge in [-0.05, 0) is 129 Å². The number of carbonyl (C=O) groups excluding carboxylic acids is 2. The Kier molecular flexibility index (Phi) is 8.67. The normalized spacial score (nSPS) is 47.6. The van der Waals surface area contributed by atoms with E-state index >= 15 is 0 Å². The van der Waals surface area contributed by atoms with Gasteiger partial charge in [0.25, 0.3) is 0 Å². The Morgan fingerprint density at radius 3 is 2.35 bits per heavy atom. The topological polar surface area (TPSA) is 126 Å². The van der Waals surface area contributed by atoms with Gasteiger partial charge in [-0.25, -0.2) is 4.79 Å². The fourth-order valence-corrected chi connectivity index (χ4v) is 14.6. The SMILES string of the molecule is CC(=O)N(CC1C[C@@H](C)[C@H]2C(O1)[C@H](O)[C@@]1(C)C3CC[C@H]4C(C)(C)[C@@H](O[C@H]5CN(C(=O)CC6CC6)CCO5)CC[C@@]45CC35CC[C@]21C)C(C)(C)C(=O)O. The lowest BCUT2D eigenvalue weighted by Crippen LogP contribution is -2.60. The molecular weight excluding hydrogens is 660 g/mol. The van der Waals surface area contributed by atoms with Gasteiger partial charge in [-0.15, -0.1) is 0 Å². The number of hydrogen-bond acceptors (Lipinski definition) is 7. The van der Waals surface area contributed by atoms with Crippen LogP contribution in [0.5, 0.6) is 0 Å². The van der Waals surface area contributed by atoms with Gasteiger partial charge in [0.2, 0.25) is 11.8 Å². The number of fused-ring (bicyclic) bond motifs is 4. The lowest BCUT2D eigenvalue weighted by Gasteiger charge is -2.64. The fraction of sp³-hybridized carbons (Fsp3) is 0.929. The molecule has 4 unspecified atom stereocenters. The van der Waals surface area contributed by atoms with E-state index in [-0.39, 0.29) is 81.9 Å². The summed E-state index contributed by atoms with van der Waals surface area (Å²) in [5.41, 5.74) is -1.28. The van der Waals surface area contributed by atoms with Gasteiger partial charge >= 0.3 is 5.97 Å². The smallest absolute Gasteiger partial charge is 0.329 e. The molecule has 0 bridgehead atoms. The van der Waals surface area contributed by atoms with Gasteiger partial charge in [0.1, 0.15) is 5.54 Å². The molecule has 2 saturated heterocycles. The summed E-state index contributed by atoms with van der Waals surface area (Å²) in [4.78, 5) is 41.2. The Hall–Kier alpha value is -1.75. The molecule has 13 atom stereocenters. The van der Waals surface area contributed by atoms with Crippen LogP contribution in [0.15, 0.2) is 0 Å². The average molecular weight is 727 g/mol. The first kappa shape index (κ1) is 37.2. The monoisotopic (exact) mass is 726 g/mol. The second-order valence-electron chi connectivity index (χ2n) is 20.5. The number of aliphatic carboxylic acids is 1. The molecule has 292 valence electrons. The van der Waals surface area contributed by atoms with Gasteiger partial charge in [-0.1, -0.05) is 34.6 Å². The summed E-state index contributed by atoms with van der Waals surface area (Å²) in [5.74, 6) is 0.940. The first-order chi connectivity index (χ1) is 24.3. The second-order valence-corrected chi connectivity index (χ2v) is 20.5. The van der Waals surface area contributed by atoms with Crippen molar-refractivity contribution >= 4 is 17.8 Å². The van der Waals surface area contributed by atoms with E-state index in [1.54, 1.807) is 13.8 Å². The highest BCUT2D eigenvalue weighted by Crippen LogP contribution is 2.89. The molecule has 2 aliphatic heterocycles. The molecule has 6 aliphatic carbocycles. The van der Waals surface area contributed by atoms with E-state index < -0.39 is 17.6 Å². The van der Waals surface area contributed by atoms with Crippen molar-refractivity contribution in [3.8, 4) is 0 Å². The molecule has 6 saturated carbocycles. The lowest BCUT2D eigenvalue weighted by molar-refractivity contribution is -0.248. The van der Waals surface area contributed by atoms with E-state index in [4.69, 9.17) is 14.2 Å². The predicted octanol–water partition coefficient (Wildman–Crippen LogP) is 5.88. The summed E-state index contributed by atoms with van der Waals surface area (Å²) in [6, 6.07) is 0. The van der Waals surface area contributed by atoms with Crippen molar-refractivity contribution in [3.63, 3.8) is 0 Å². The molecule has 0 aromatic rings. The number of morpholine rings is 1. The Bertz CT molecular complexity index is 1480. The maximum atomic E-state index is 12.9. The van der Waals surface area contributed by atoms with Crippen LogP contribution in [0.25, 0.3) is 0 Å². The molecule has 8 rings (SSSR count). The number of aliphatic hydroxyl groups is 1. The zero-order chi connectivity index (χ0) is 37.4. The van der Waals surface area contributed by atoms with Gasteiger partial charge < -0.3 is 34.2 Å². The number of carboxylic acids is 1. The van der Waals surface area contributed by atoms with Crippen molar-refractivity contribution in [1.82, 2.24) is 9.80 Å². The van der Waals surface area contributed by atoms with Crippen LogP contribution in [-0.4, -0.2) is 100 Å². The number of nitrogens with zero attached hydrogens (tertiary/aromatic N) is 2. The number of carbonyl (C=O) groups is 3. The summed E-state index contributed by atoms with van der Waals surface area (Å²) in [7, 11) is 0. The van der Waals surface area contributed by atoms with E-state index in [0.29, 0.717) is 43.9 Å². The number of hydrogen-bond donors (Lipinski definition) is 2. The maximum absolute atomic E-state index is 12.9. The van der Waals surface area contributed by atoms with E-state index in [9.17, 15) is 24.6 Å². The van der Waals surface area contributed by atoms with Crippen LogP contribution in [0.1, 0.15) is 126 Å². The summed E-state index contributed by atoms with van der Waals surface area (Å²) >= 11 is 0. The number of rotatable bonds is 8. The minimum atomic E-state index is -1.35. The predicted molar refractivity (Wildman–Crippen MR) is 194 cm³/mol. The highest BCUT2D eigenvalue weighted by Gasteiger charge is 2.84. The van der Waals surface area contributed by atoms with Crippen molar-refractivity contribution in [2.75, 3.05) is 26.2 Å². The molecule has 2 heterocycles. The van der Waals surface area contributed by atoms with Gasteiger partial charge in [0.05, 0.1) is 37.6 Å². The molecule has 0 aromatic carbocycles. The van der Waals surface area contributed by atoms with Crippen LogP contribution >= 0.6 is 0 Å². The third-order valence-corrected chi connectivity index (χ3v) is 17.6. The van der Waals surface area contributed by atoms with Crippen molar-refractivity contribution in [1.29, 1.82) is 0 Å². The van der Waals surface area contributed by atoms with Crippen LogP contribution in [-0.2, 0) is 28.6 Å². The van der Waals surface area contributed by atoms with Gasteiger partial charge in [0.15, 0.2) is 6.29 Å². The zero-order valence-corrected chi connectivity index (χ0v) is 33.1. The number of amides is 2. The highest BCUT2D eigenvalue weighted by atomic mass is 16.7. The number of carboxylic acid groups (broad SMARTS) is 1. The Morgan fingerprint density at radius 2 is 1.67 bits per heavy atom. The molecule has 2 spiro atoms. The second kappa shape index (κ2) is 12.1. The summed E-state index contributed by atoms with van der Waals surface area (Å²) in [6.45, 7) is 18.5. The number of ether oxygens (including phenoxy) is 3. The molecule has 8 aliphatic rings. The van der Waals surface area contributed by atoms with Gasteiger partial charge in [0, 0.05) is 31.8 Å². The zero-order valence-electron chi connectivity index (χ0n) is 33.1. The molecule has 0 aromatic heterocycles. The summed E-state index contributed by atoms with van der Waals surface area (Å²) < 4.78 is 19.9. The van der Waals surface area contributed by atoms with Gasteiger partial charge in [-0.2, -0.15) is 0 Å². The van der Waals surface area contributed by atoms with Crippen LogP contribution in [0.3, 0.4) is 0 Å². The van der Waals surface area contributed by atoms with Crippen LogP contribution in [0.2, 0.25) is 0 Å². The van der Waals surface area contributed by atoms with Crippen molar-refractivity contribution < 1.29 is 38.8 Å². The first-order valence-corrected chi connectivity index (χ1v) is 20.7. The Morgan fingerprint density at radius 1 is 0.981 bits per heavy atom. The molecule has 0 radical (unpaired) electrons. The standard InChI is InChI=1S/C42H66N2O8/c1-24-19-27(21-44(25(2)45)38(5,6)36(48)49)51-34-33(24)39(7)15-16-42-23-41(42)14-13-30(37(3,4)28(41)11-12-29(42)40(39,8)35(34)47)52-32-22-43(17-18-50-32)31(46)20-26-9-10-26/h24,26-30,32-35,47H,9-23H2,1-8H3,(H,48,49)/t24-,27?,28+,29?,30+,32+,33+,34?,35+,39-,40-,41-,42?/m1/s1. The minimum Gasteiger partial charge on any atom is -0.480 e.